The average Bonchev–Trinajstić information content (AvgIpc) is 2.48. The van der Waals surface area contributed by atoms with Crippen LogP contribution in [0.4, 0.5) is 10.1 Å². The molecule has 2 aromatic carbocycles. The lowest BCUT2D eigenvalue weighted by Crippen LogP contribution is -2.24. The van der Waals surface area contributed by atoms with Gasteiger partial charge >= 0.3 is 5.97 Å². The van der Waals surface area contributed by atoms with Crippen LogP contribution in [0.15, 0.2) is 42.5 Å². The van der Waals surface area contributed by atoms with Crippen LogP contribution in [-0.4, -0.2) is 17.0 Å². The van der Waals surface area contributed by atoms with Gasteiger partial charge < -0.3 is 10.4 Å². The molecule has 0 bridgehead atoms. The number of benzene rings is 2. The minimum Gasteiger partial charge on any atom is -0.481 e. The second kappa shape index (κ2) is 7.73. The van der Waals surface area contributed by atoms with Gasteiger partial charge in [0, 0.05) is 12.1 Å². The fourth-order valence-electron chi connectivity index (χ4n) is 2.69. The van der Waals surface area contributed by atoms with Crippen molar-refractivity contribution in [2.75, 3.05) is 5.32 Å². The van der Waals surface area contributed by atoms with Gasteiger partial charge in [0.05, 0.1) is 5.92 Å². The van der Waals surface area contributed by atoms with Gasteiger partial charge in [0.1, 0.15) is 5.82 Å². The van der Waals surface area contributed by atoms with Crippen LogP contribution < -0.4 is 5.32 Å². The largest absolute Gasteiger partial charge is 0.481 e. The molecule has 0 aromatic heterocycles. The Bertz CT molecular complexity index is 721. The Morgan fingerprint density at radius 1 is 1.08 bits per heavy atom. The molecule has 24 heavy (non-hydrogen) atoms. The molecule has 2 N–H and O–H groups in total. The van der Waals surface area contributed by atoms with E-state index in [1.54, 1.807) is 0 Å². The highest BCUT2D eigenvalue weighted by Crippen LogP contribution is 2.17. The van der Waals surface area contributed by atoms with E-state index in [0.29, 0.717) is 5.69 Å². The Kier molecular flexibility index (Phi) is 5.68. The van der Waals surface area contributed by atoms with Gasteiger partial charge in [-0.3, -0.25) is 9.59 Å². The van der Waals surface area contributed by atoms with E-state index in [9.17, 15) is 19.1 Å². The first kappa shape index (κ1) is 17.7. The van der Waals surface area contributed by atoms with E-state index in [1.807, 2.05) is 32.0 Å². The summed E-state index contributed by atoms with van der Waals surface area (Å²) in [5.41, 5.74) is 3.46. The van der Waals surface area contributed by atoms with Gasteiger partial charge in [0.25, 0.3) is 0 Å². The van der Waals surface area contributed by atoms with Gasteiger partial charge in [-0.1, -0.05) is 29.3 Å². The first-order chi connectivity index (χ1) is 11.3. The number of carboxylic acid groups (broad SMARTS) is 1. The molecule has 0 fully saturated rings. The first-order valence-electron chi connectivity index (χ1n) is 7.69. The zero-order chi connectivity index (χ0) is 17.7. The van der Waals surface area contributed by atoms with Crippen LogP contribution in [0, 0.1) is 25.6 Å². The van der Waals surface area contributed by atoms with E-state index in [1.165, 1.54) is 24.3 Å². The van der Waals surface area contributed by atoms with Gasteiger partial charge in [-0.15, -0.1) is 0 Å². The normalized spacial score (nSPS) is 11.8. The maximum absolute atomic E-state index is 12.9. The van der Waals surface area contributed by atoms with Crippen LogP contribution in [0.2, 0.25) is 0 Å². The molecule has 0 saturated heterocycles. The highest BCUT2D eigenvalue weighted by atomic mass is 19.1. The van der Waals surface area contributed by atoms with Crippen LogP contribution >= 0.6 is 0 Å². The number of nitrogens with one attached hydrogen (secondary N) is 1. The maximum atomic E-state index is 12.9. The van der Waals surface area contributed by atoms with Crippen molar-refractivity contribution in [3.63, 3.8) is 0 Å². The summed E-state index contributed by atoms with van der Waals surface area (Å²) < 4.78 is 12.9. The van der Waals surface area contributed by atoms with Crippen molar-refractivity contribution in [1.29, 1.82) is 0 Å². The number of anilines is 1. The Labute approximate surface area is 140 Å². The highest BCUT2D eigenvalue weighted by molar-refractivity contribution is 5.93. The van der Waals surface area contributed by atoms with Crippen molar-refractivity contribution in [2.24, 2.45) is 5.92 Å². The summed E-state index contributed by atoms with van der Waals surface area (Å²) in [6, 6.07) is 11.2. The summed E-state index contributed by atoms with van der Waals surface area (Å²) in [6.07, 6.45) is 0.147. The van der Waals surface area contributed by atoms with Crippen LogP contribution in [0.5, 0.6) is 0 Å². The maximum Gasteiger partial charge on any atom is 0.307 e. The second-order valence-electron chi connectivity index (χ2n) is 5.99. The number of rotatable bonds is 6. The van der Waals surface area contributed by atoms with Crippen LogP contribution in [0.1, 0.15) is 23.1 Å². The Morgan fingerprint density at radius 3 is 2.21 bits per heavy atom. The summed E-state index contributed by atoms with van der Waals surface area (Å²) in [4.78, 5) is 23.5. The summed E-state index contributed by atoms with van der Waals surface area (Å²) in [6.45, 7) is 3.90. The molecular weight excluding hydrogens is 309 g/mol. The Balaban J connectivity index is 2.03. The van der Waals surface area contributed by atoms with Gasteiger partial charge in [-0.2, -0.15) is 0 Å². The lowest BCUT2D eigenvalue weighted by atomic mass is 9.94. The number of aryl methyl sites for hydroxylation is 2. The molecule has 0 aliphatic carbocycles. The lowest BCUT2D eigenvalue weighted by molar-refractivity contribution is -0.143. The molecule has 0 aliphatic rings. The quantitative estimate of drug-likeness (QED) is 0.849. The van der Waals surface area contributed by atoms with E-state index in [-0.39, 0.29) is 12.8 Å². The Morgan fingerprint density at radius 2 is 1.67 bits per heavy atom. The number of halogens is 1. The van der Waals surface area contributed by atoms with Crippen molar-refractivity contribution in [3.8, 4) is 0 Å². The summed E-state index contributed by atoms with van der Waals surface area (Å²) in [5.74, 6) is -2.63. The van der Waals surface area contributed by atoms with Crippen molar-refractivity contribution < 1.29 is 19.1 Å². The fraction of sp³-hybridized carbons (Fsp3) is 0.263. The molecule has 1 unspecified atom stereocenters. The average molecular weight is 329 g/mol. The van der Waals surface area contributed by atoms with Gasteiger partial charge in [-0.05, 0) is 50.1 Å². The number of hydrogen-bond donors (Lipinski definition) is 2. The molecule has 4 nitrogen and oxygen atoms in total. The molecule has 2 rings (SSSR count). The zero-order valence-corrected chi connectivity index (χ0v) is 13.7. The smallest absolute Gasteiger partial charge is 0.307 e. The minimum atomic E-state index is -1.01. The number of hydrogen-bond acceptors (Lipinski definition) is 2. The van der Waals surface area contributed by atoms with Crippen molar-refractivity contribution >= 4 is 17.6 Å². The predicted molar refractivity (Wildman–Crippen MR) is 90.4 cm³/mol. The van der Waals surface area contributed by atoms with E-state index < -0.39 is 23.6 Å². The monoisotopic (exact) mass is 329 g/mol. The molecule has 0 aliphatic heterocycles. The topological polar surface area (TPSA) is 66.4 Å². The van der Waals surface area contributed by atoms with Crippen LogP contribution in [0.25, 0.3) is 0 Å². The summed E-state index contributed by atoms with van der Waals surface area (Å²) in [5, 5.41) is 12.0. The van der Waals surface area contributed by atoms with Crippen molar-refractivity contribution in [1.82, 2.24) is 0 Å². The van der Waals surface area contributed by atoms with Crippen molar-refractivity contribution in [2.45, 2.75) is 26.7 Å². The van der Waals surface area contributed by atoms with Crippen molar-refractivity contribution in [3.05, 3.63) is 65.0 Å². The summed E-state index contributed by atoms with van der Waals surface area (Å²) >= 11 is 0. The zero-order valence-electron chi connectivity index (χ0n) is 13.7. The SMILES string of the molecule is Cc1cc(C)cc(CC(CC(=O)Nc2ccc(F)cc2)C(=O)O)c1. The standard InChI is InChI=1S/C19H20FNO3/c1-12-7-13(2)9-14(8-12)10-15(19(23)24)11-18(22)21-17-5-3-16(20)4-6-17/h3-9,15H,10-11H2,1-2H3,(H,21,22)(H,23,24). The van der Waals surface area contributed by atoms with E-state index >= 15 is 0 Å². The third-order valence-electron chi connectivity index (χ3n) is 3.67. The molecule has 5 heteroatoms. The molecule has 2 aromatic rings. The lowest BCUT2D eigenvalue weighted by Gasteiger charge is -2.13. The van der Waals surface area contributed by atoms with Crippen LogP contribution in [0.3, 0.4) is 0 Å². The molecule has 0 saturated carbocycles. The molecule has 126 valence electrons. The first-order valence-corrected chi connectivity index (χ1v) is 7.69. The fourth-order valence-corrected chi connectivity index (χ4v) is 2.69. The number of carboxylic acids is 1. The van der Waals surface area contributed by atoms with Gasteiger partial charge in [0.15, 0.2) is 0 Å². The number of aliphatic carboxylic acids is 1. The minimum absolute atomic E-state index is 0.139. The molecule has 1 amide bonds. The number of carbonyl (C=O) groups is 2. The molecule has 0 heterocycles. The van der Waals surface area contributed by atoms with Crippen LogP contribution in [-0.2, 0) is 16.0 Å². The third-order valence-corrected chi connectivity index (χ3v) is 3.67. The molecular formula is C19H20FNO3. The third kappa shape index (κ3) is 5.19. The van der Waals surface area contributed by atoms with Gasteiger partial charge in [-0.25, -0.2) is 4.39 Å². The predicted octanol–water partition coefficient (Wildman–Crippen LogP) is 3.71. The second-order valence-corrected chi connectivity index (χ2v) is 5.99. The highest BCUT2D eigenvalue weighted by Gasteiger charge is 2.22. The number of carbonyl (C=O) groups excluding carboxylic acids is 1. The van der Waals surface area contributed by atoms with Gasteiger partial charge in [0.2, 0.25) is 5.91 Å². The Hall–Kier alpha value is -2.69. The molecule has 0 spiro atoms. The number of amides is 1. The van der Waals surface area contributed by atoms with E-state index in [4.69, 9.17) is 0 Å². The summed E-state index contributed by atoms with van der Waals surface area (Å²) in [7, 11) is 0. The molecule has 0 radical (unpaired) electrons. The van der Waals surface area contributed by atoms with E-state index in [2.05, 4.69) is 5.32 Å². The van der Waals surface area contributed by atoms with E-state index in [0.717, 1.165) is 16.7 Å². The molecule has 1 atom stereocenters.